The third kappa shape index (κ3) is 2.55. The van der Waals surface area contributed by atoms with E-state index in [9.17, 15) is 4.79 Å². The van der Waals surface area contributed by atoms with E-state index in [0.29, 0.717) is 12.4 Å². The Balaban J connectivity index is 2.33. The molecule has 0 fully saturated rings. The van der Waals surface area contributed by atoms with Crippen molar-refractivity contribution in [3.05, 3.63) is 16.3 Å². The number of hydrogen-bond donors (Lipinski definition) is 3. The number of aromatic nitrogens is 3. The predicted octanol–water partition coefficient (Wildman–Crippen LogP) is -0.621. The fourth-order valence-electron chi connectivity index (χ4n) is 0.860. The number of nitrogens with two attached hydrogens (primary N) is 1. The summed E-state index contributed by atoms with van der Waals surface area (Å²) >= 11 is 0. The lowest BCUT2D eigenvalue weighted by Crippen LogP contribution is -2.02. The van der Waals surface area contributed by atoms with E-state index >= 15 is 0 Å². The molecule has 0 aliphatic carbocycles. The van der Waals surface area contributed by atoms with Gasteiger partial charge in [-0.1, -0.05) is 0 Å². The average molecular weight is 156 g/mol. The van der Waals surface area contributed by atoms with Gasteiger partial charge in [-0.15, -0.1) is 0 Å². The van der Waals surface area contributed by atoms with Crippen molar-refractivity contribution in [1.29, 1.82) is 0 Å². The lowest BCUT2D eigenvalue weighted by atomic mass is 10.2. The highest BCUT2D eigenvalue weighted by Crippen LogP contribution is 1.93. The standard InChI is InChI=1S/C6H12N4O/c7-4-2-1-3-5-8-6(11)10-9-5/h1-4,7H2,(H2,8,9,10,11). The highest BCUT2D eigenvalue weighted by atomic mass is 16.1. The van der Waals surface area contributed by atoms with E-state index in [0.717, 1.165) is 19.3 Å². The van der Waals surface area contributed by atoms with Gasteiger partial charge in [-0.25, -0.2) is 9.89 Å². The molecular weight excluding hydrogens is 144 g/mol. The summed E-state index contributed by atoms with van der Waals surface area (Å²) in [6.45, 7) is 0.689. The molecule has 5 heteroatoms. The van der Waals surface area contributed by atoms with Crippen molar-refractivity contribution in [1.82, 2.24) is 15.2 Å². The molecule has 0 saturated carbocycles. The lowest BCUT2D eigenvalue weighted by molar-refractivity contribution is 0.718. The van der Waals surface area contributed by atoms with E-state index < -0.39 is 0 Å². The third-order valence-corrected chi connectivity index (χ3v) is 1.42. The Kier molecular flexibility index (Phi) is 2.85. The Bertz CT molecular complexity index is 251. The van der Waals surface area contributed by atoms with Gasteiger partial charge < -0.3 is 5.73 Å². The second-order valence-corrected chi connectivity index (χ2v) is 2.37. The molecule has 11 heavy (non-hydrogen) atoms. The predicted molar refractivity (Wildman–Crippen MR) is 41.2 cm³/mol. The monoisotopic (exact) mass is 156 g/mol. The van der Waals surface area contributed by atoms with Crippen molar-refractivity contribution in [3.8, 4) is 0 Å². The summed E-state index contributed by atoms with van der Waals surface area (Å²) in [5.41, 5.74) is 5.05. The van der Waals surface area contributed by atoms with E-state index in [1.807, 2.05) is 0 Å². The Morgan fingerprint density at radius 3 is 2.82 bits per heavy atom. The number of hydrogen-bond acceptors (Lipinski definition) is 3. The highest BCUT2D eigenvalue weighted by Gasteiger charge is 1.95. The number of unbranched alkanes of at least 4 members (excludes halogenated alkanes) is 1. The summed E-state index contributed by atoms with van der Waals surface area (Å²) in [6, 6.07) is 0. The first kappa shape index (κ1) is 8.00. The second-order valence-electron chi connectivity index (χ2n) is 2.37. The van der Waals surface area contributed by atoms with Crippen LogP contribution in [0.2, 0.25) is 0 Å². The summed E-state index contributed by atoms with van der Waals surface area (Å²) in [5, 5.41) is 6.06. The van der Waals surface area contributed by atoms with Crippen LogP contribution >= 0.6 is 0 Å². The smallest absolute Gasteiger partial charge is 0.330 e. The van der Waals surface area contributed by atoms with E-state index in [-0.39, 0.29) is 5.69 Å². The topological polar surface area (TPSA) is 87.6 Å². The molecule has 0 aromatic carbocycles. The molecule has 0 atom stereocenters. The fourth-order valence-corrected chi connectivity index (χ4v) is 0.860. The Hall–Kier alpha value is -1.10. The first-order valence-corrected chi connectivity index (χ1v) is 3.66. The summed E-state index contributed by atoms with van der Waals surface area (Å²) in [4.78, 5) is 13.1. The minimum absolute atomic E-state index is 0.243. The average Bonchev–Trinajstić information content (AvgIpc) is 2.37. The van der Waals surface area contributed by atoms with Crippen LogP contribution in [0, 0.1) is 0 Å². The maximum absolute atomic E-state index is 10.5. The van der Waals surface area contributed by atoms with Gasteiger partial charge in [-0.3, -0.25) is 4.98 Å². The number of H-pyrrole nitrogens is 2. The first-order valence-electron chi connectivity index (χ1n) is 3.66. The number of nitrogens with one attached hydrogen (secondary N) is 2. The van der Waals surface area contributed by atoms with Gasteiger partial charge in [0.05, 0.1) is 0 Å². The largest absolute Gasteiger partial charge is 0.340 e. The zero-order chi connectivity index (χ0) is 8.10. The molecule has 0 aliphatic heterocycles. The molecule has 4 N–H and O–H groups in total. The molecule has 0 aliphatic rings. The molecule has 1 aromatic heterocycles. The number of aryl methyl sites for hydroxylation is 1. The third-order valence-electron chi connectivity index (χ3n) is 1.42. The molecule has 1 aromatic rings. The second kappa shape index (κ2) is 3.92. The van der Waals surface area contributed by atoms with Crippen LogP contribution in [0.1, 0.15) is 18.7 Å². The van der Waals surface area contributed by atoms with Crippen LogP contribution < -0.4 is 11.4 Å². The van der Waals surface area contributed by atoms with E-state index in [1.54, 1.807) is 0 Å². The molecule has 0 unspecified atom stereocenters. The van der Waals surface area contributed by atoms with Gasteiger partial charge in [0.25, 0.3) is 0 Å². The van der Waals surface area contributed by atoms with Crippen LogP contribution in [0.15, 0.2) is 4.79 Å². The molecule has 1 heterocycles. The van der Waals surface area contributed by atoms with E-state index in [4.69, 9.17) is 5.73 Å². The molecule has 0 amide bonds. The minimum Gasteiger partial charge on any atom is -0.330 e. The lowest BCUT2D eigenvalue weighted by Gasteiger charge is -1.92. The molecule has 5 nitrogen and oxygen atoms in total. The summed E-state index contributed by atoms with van der Waals surface area (Å²) in [5.74, 6) is 0.712. The molecular formula is C6H12N4O. The Morgan fingerprint density at radius 2 is 2.27 bits per heavy atom. The van der Waals surface area contributed by atoms with Crippen LogP contribution in [-0.4, -0.2) is 21.7 Å². The quantitative estimate of drug-likeness (QED) is 0.507. The number of nitrogens with zero attached hydrogens (tertiary/aromatic N) is 1. The van der Waals surface area contributed by atoms with Crippen molar-refractivity contribution in [2.24, 2.45) is 5.73 Å². The van der Waals surface area contributed by atoms with Crippen molar-refractivity contribution in [2.75, 3.05) is 6.54 Å². The van der Waals surface area contributed by atoms with Gasteiger partial charge in [0.2, 0.25) is 0 Å². The fraction of sp³-hybridized carbons (Fsp3) is 0.667. The maximum Gasteiger partial charge on any atom is 0.340 e. The maximum atomic E-state index is 10.5. The minimum atomic E-state index is -0.243. The van der Waals surface area contributed by atoms with E-state index in [2.05, 4.69) is 15.2 Å². The van der Waals surface area contributed by atoms with Crippen molar-refractivity contribution in [3.63, 3.8) is 0 Å². The van der Waals surface area contributed by atoms with Gasteiger partial charge in [-0.2, -0.15) is 5.10 Å². The summed E-state index contributed by atoms with van der Waals surface area (Å²) in [6.07, 6.45) is 2.72. The van der Waals surface area contributed by atoms with Crippen molar-refractivity contribution in [2.45, 2.75) is 19.3 Å². The molecule has 62 valence electrons. The molecule has 0 radical (unpaired) electrons. The van der Waals surface area contributed by atoms with Gasteiger partial charge >= 0.3 is 5.69 Å². The number of rotatable bonds is 4. The first-order chi connectivity index (χ1) is 5.33. The molecule has 0 saturated heterocycles. The summed E-state index contributed by atoms with van der Waals surface area (Å²) < 4.78 is 0. The Labute approximate surface area is 64.0 Å². The van der Waals surface area contributed by atoms with Gasteiger partial charge in [-0.05, 0) is 19.4 Å². The van der Waals surface area contributed by atoms with E-state index in [1.165, 1.54) is 0 Å². The highest BCUT2D eigenvalue weighted by molar-refractivity contribution is 4.79. The van der Waals surface area contributed by atoms with Crippen LogP contribution in [0.4, 0.5) is 0 Å². The van der Waals surface area contributed by atoms with Crippen LogP contribution in [0.3, 0.4) is 0 Å². The molecule has 0 bridgehead atoms. The van der Waals surface area contributed by atoms with Crippen LogP contribution in [0.25, 0.3) is 0 Å². The summed E-state index contributed by atoms with van der Waals surface area (Å²) in [7, 11) is 0. The zero-order valence-corrected chi connectivity index (χ0v) is 6.26. The molecule has 0 spiro atoms. The van der Waals surface area contributed by atoms with Crippen molar-refractivity contribution >= 4 is 0 Å². The van der Waals surface area contributed by atoms with Crippen LogP contribution in [0.5, 0.6) is 0 Å². The SMILES string of the molecule is NCCCCc1n[nH]c(=O)[nH]1. The van der Waals surface area contributed by atoms with Gasteiger partial charge in [0.15, 0.2) is 0 Å². The van der Waals surface area contributed by atoms with Crippen LogP contribution in [-0.2, 0) is 6.42 Å². The van der Waals surface area contributed by atoms with Crippen molar-refractivity contribution < 1.29 is 0 Å². The zero-order valence-electron chi connectivity index (χ0n) is 6.26. The van der Waals surface area contributed by atoms with Gasteiger partial charge in [0.1, 0.15) is 5.82 Å². The molecule has 1 rings (SSSR count). The Morgan fingerprint density at radius 1 is 1.45 bits per heavy atom. The number of aromatic amines is 2. The van der Waals surface area contributed by atoms with Gasteiger partial charge in [0, 0.05) is 6.42 Å². The normalized spacial score (nSPS) is 10.3.